The number of hydrogen-bond donors (Lipinski definition) is 1. The molecule has 0 aromatic heterocycles. The number of benzene rings is 1. The fraction of sp³-hybridized carbons (Fsp3) is 0.412. The van der Waals surface area contributed by atoms with Crippen molar-refractivity contribution in [3.05, 3.63) is 47.5 Å². The molecule has 1 aliphatic rings. The number of cyclic esters (lactones) is 1. The number of carbonyl (C=O) groups is 2. The minimum absolute atomic E-state index is 0.0751. The monoisotopic (exact) mass is 287 g/mol. The van der Waals surface area contributed by atoms with Gasteiger partial charge in [-0.15, -0.1) is 0 Å². The summed E-state index contributed by atoms with van der Waals surface area (Å²) in [5.74, 6) is -0.477. The lowest BCUT2D eigenvalue weighted by Crippen LogP contribution is -2.37. The fourth-order valence-corrected chi connectivity index (χ4v) is 2.41. The maximum absolute atomic E-state index is 11.5. The zero-order chi connectivity index (χ0) is 15.1. The van der Waals surface area contributed by atoms with E-state index in [1.165, 1.54) is 5.56 Å². The Morgan fingerprint density at radius 3 is 2.67 bits per heavy atom. The summed E-state index contributed by atoms with van der Waals surface area (Å²) in [5, 5.41) is 0. The molecule has 1 aliphatic heterocycles. The molecule has 1 unspecified atom stereocenters. The Balaban J connectivity index is 1.74. The number of carbonyl (C=O) groups excluding carboxylic acids is 2. The lowest BCUT2D eigenvalue weighted by atomic mass is 9.96. The SMILES string of the molecule is NC(=O)CCCC/C=C1\C(=O)OC1CCc1ccccc1. The van der Waals surface area contributed by atoms with Crippen LogP contribution in [0.25, 0.3) is 0 Å². The van der Waals surface area contributed by atoms with Gasteiger partial charge in [0.25, 0.3) is 0 Å². The number of hydrogen-bond acceptors (Lipinski definition) is 3. The van der Waals surface area contributed by atoms with Gasteiger partial charge >= 0.3 is 5.97 Å². The second kappa shape index (κ2) is 7.62. The summed E-state index contributed by atoms with van der Waals surface area (Å²) in [6.45, 7) is 0. The topological polar surface area (TPSA) is 69.4 Å². The van der Waals surface area contributed by atoms with Crippen LogP contribution in [0.4, 0.5) is 0 Å². The molecular weight excluding hydrogens is 266 g/mol. The quantitative estimate of drug-likeness (QED) is 0.454. The zero-order valence-corrected chi connectivity index (χ0v) is 12.1. The molecule has 21 heavy (non-hydrogen) atoms. The van der Waals surface area contributed by atoms with E-state index in [9.17, 15) is 9.59 Å². The molecule has 1 saturated heterocycles. The number of amides is 1. The van der Waals surface area contributed by atoms with Crippen molar-refractivity contribution in [2.24, 2.45) is 5.73 Å². The van der Waals surface area contributed by atoms with Gasteiger partial charge in [0.1, 0.15) is 6.10 Å². The Bertz CT molecular complexity index is 522. The van der Waals surface area contributed by atoms with Crippen LogP contribution in [0.1, 0.15) is 37.7 Å². The number of rotatable bonds is 8. The number of allylic oxidation sites excluding steroid dienone is 1. The van der Waals surface area contributed by atoms with E-state index in [4.69, 9.17) is 10.5 Å². The van der Waals surface area contributed by atoms with Crippen LogP contribution in [0, 0.1) is 0 Å². The van der Waals surface area contributed by atoms with Crippen molar-refractivity contribution in [2.75, 3.05) is 0 Å². The highest BCUT2D eigenvalue weighted by Crippen LogP contribution is 2.26. The first-order valence-electron chi connectivity index (χ1n) is 7.40. The van der Waals surface area contributed by atoms with Gasteiger partial charge in [-0.05, 0) is 37.7 Å². The van der Waals surface area contributed by atoms with Crippen LogP contribution in [-0.4, -0.2) is 18.0 Å². The summed E-state index contributed by atoms with van der Waals surface area (Å²) in [6, 6.07) is 10.2. The molecule has 1 atom stereocenters. The van der Waals surface area contributed by atoms with Crippen molar-refractivity contribution in [3.8, 4) is 0 Å². The molecule has 1 aromatic rings. The highest BCUT2D eigenvalue weighted by Gasteiger charge is 2.34. The molecule has 1 aromatic carbocycles. The molecule has 1 fully saturated rings. The number of ether oxygens (including phenoxy) is 1. The first-order chi connectivity index (χ1) is 10.2. The molecule has 0 spiro atoms. The average Bonchev–Trinajstić information content (AvgIpc) is 2.47. The largest absolute Gasteiger partial charge is 0.454 e. The van der Waals surface area contributed by atoms with E-state index < -0.39 is 0 Å². The van der Waals surface area contributed by atoms with Crippen LogP contribution >= 0.6 is 0 Å². The summed E-state index contributed by atoms with van der Waals surface area (Å²) in [6.07, 6.45) is 6.43. The molecule has 1 heterocycles. The number of aryl methyl sites for hydroxylation is 1. The summed E-state index contributed by atoms with van der Waals surface area (Å²) in [4.78, 5) is 22.1. The Labute approximate surface area is 125 Å². The predicted molar refractivity (Wildman–Crippen MR) is 80.4 cm³/mol. The van der Waals surface area contributed by atoms with E-state index in [-0.39, 0.29) is 18.0 Å². The molecule has 2 rings (SSSR count). The second-order valence-corrected chi connectivity index (χ2v) is 5.29. The Morgan fingerprint density at radius 1 is 1.24 bits per heavy atom. The molecule has 4 nitrogen and oxygen atoms in total. The minimum atomic E-state index is -0.272. The van der Waals surface area contributed by atoms with Crippen LogP contribution < -0.4 is 5.73 Å². The van der Waals surface area contributed by atoms with Crippen molar-refractivity contribution < 1.29 is 14.3 Å². The molecule has 0 aliphatic carbocycles. The van der Waals surface area contributed by atoms with Crippen LogP contribution in [0.3, 0.4) is 0 Å². The van der Waals surface area contributed by atoms with Gasteiger partial charge in [-0.25, -0.2) is 4.79 Å². The summed E-state index contributed by atoms with van der Waals surface area (Å²) in [5.41, 5.74) is 7.12. The summed E-state index contributed by atoms with van der Waals surface area (Å²) < 4.78 is 5.19. The van der Waals surface area contributed by atoms with Crippen LogP contribution in [0.2, 0.25) is 0 Å². The third-order valence-electron chi connectivity index (χ3n) is 3.61. The van der Waals surface area contributed by atoms with Gasteiger partial charge in [0.15, 0.2) is 0 Å². The van der Waals surface area contributed by atoms with Gasteiger partial charge in [0.05, 0.1) is 5.57 Å². The van der Waals surface area contributed by atoms with Crippen LogP contribution in [0.5, 0.6) is 0 Å². The average molecular weight is 287 g/mol. The number of unbranched alkanes of at least 4 members (excludes halogenated alkanes) is 2. The Morgan fingerprint density at radius 2 is 2.00 bits per heavy atom. The number of nitrogens with two attached hydrogens (primary N) is 1. The highest BCUT2D eigenvalue weighted by atomic mass is 16.6. The van der Waals surface area contributed by atoms with E-state index in [0.29, 0.717) is 6.42 Å². The third kappa shape index (κ3) is 4.74. The van der Waals surface area contributed by atoms with Crippen molar-refractivity contribution in [3.63, 3.8) is 0 Å². The third-order valence-corrected chi connectivity index (χ3v) is 3.61. The van der Waals surface area contributed by atoms with Gasteiger partial charge in [0, 0.05) is 6.42 Å². The van der Waals surface area contributed by atoms with E-state index in [2.05, 4.69) is 12.1 Å². The Kier molecular flexibility index (Phi) is 5.55. The van der Waals surface area contributed by atoms with Gasteiger partial charge in [0.2, 0.25) is 5.91 Å². The summed E-state index contributed by atoms with van der Waals surface area (Å²) >= 11 is 0. The minimum Gasteiger partial charge on any atom is -0.454 e. The fourth-order valence-electron chi connectivity index (χ4n) is 2.41. The van der Waals surface area contributed by atoms with Crippen molar-refractivity contribution in [1.29, 1.82) is 0 Å². The standard InChI is InChI=1S/C17H21NO3/c18-16(19)10-6-2-5-9-14-15(21-17(14)20)12-11-13-7-3-1-4-8-13/h1,3-4,7-9,15H,2,5-6,10-12H2,(H2,18,19)/b14-9-. The van der Waals surface area contributed by atoms with E-state index >= 15 is 0 Å². The first kappa shape index (κ1) is 15.3. The Hall–Kier alpha value is -2.10. The zero-order valence-electron chi connectivity index (χ0n) is 12.1. The van der Waals surface area contributed by atoms with Gasteiger partial charge in [-0.2, -0.15) is 0 Å². The lowest BCUT2D eigenvalue weighted by Gasteiger charge is -2.29. The van der Waals surface area contributed by atoms with E-state index in [1.807, 2.05) is 24.3 Å². The maximum Gasteiger partial charge on any atom is 0.338 e. The van der Waals surface area contributed by atoms with Crippen molar-refractivity contribution >= 4 is 11.9 Å². The lowest BCUT2D eigenvalue weighted by molar-refractivity contribution is -0.156. The molecular formula is C17H21NO3. The first-order valence-corrected chi connectivity index (χ1v) is 7.40. The highest BCUT2D eigenvalue weighted by molar-refractivity contribution is 5.95. The van der Waals surface area contributed by atoms with Gasteiger partial charge < -0.3 is 10.5 Å². The normalized spacial score (nSPS) is 19.1. The number of primary amides is 1. The molecule has 0 bridgehead atoms. The molecule has 0 saturated carbocycles. The van der Waals surface area contributed by atoms with Crippen molar-refractivity contribution in [2.45, 2.75) is 44.6 Å². The van der Waals surface area contributed by atoms with E-state index in [1.54, 1.807) is 0 Å². The molecule has 112 valence electrons. The molecule has 1 amide bonds. The van der Waals surface area contributed by atoms with Gasteiger partial charge in [-0.3, -0.25) is 4.79 Å². The molecule has 4 heteroatoms. The van der Waals surface area contributed by atoms with Crippen LogP contribution in [0.15, 0.2) is 42.0 Å². The predicted octanol–water partition coefficient (Wildman–Crippen LogP) is 2.52. The summed E-state index contributed by atoms with van der Waals surface area (Å²) in [7, 11) is 0. The smallest absolute Gasteiger partial charge is 0.338 e. The second-order valence-electron chi connectivity index (χ2n) is 5.29. The van der Waals surface area contributed by atoms with E-state index in [0.717, 1.165) is 37.7 Å². The van der Waals surface area contributed by atoms with Crippen LogP contribution in [-0.2, 0) is 20.7 Å². The molecule has 0 radical (unpaired) electrons. The number of esters is 1. The maximum atomic E-state index is 11.5. The van der Waals surface area contributed by atoms with Gasteiger partial charge in [-0.1, -0.05) is 36.4 Å². The molecule has 2 N–H and O–H groups in total. The van der Waals surface area contributed by atoms with Crippen molar-refractivity contribution in [1.82, 2.24) is 0 Å².